The molecule has 0 bridgehead atoms. The number of nitrogens with one attached hydrogen (secondary N) is 6. The Kier molecular flexibility index (Phi) is 25.8. The molecule has 6 N–H and O–H groups in total. The maximum atomic E-state index is 5.62. The molecule has 0 amide bonds. The van der Waals surface area contributed by atoms with Crippen molar-refractivity contribution in [3.8, 4) is 0 Å². The molecule has 16 aromatic rings. The number of hydrogen-bond donors (Lipinski definition) is 6. The van der Waals surface area contributed by atoms with Crippen LogP contribution in [0.25, 0.3) is 87.2 Å². The van der Waals surface area contributed by atoms with Gasteiger partial charge in [0, 0.05) is 169 Å². The summed E-state index contributed by atoms with van der Waals surface area (Å²) >= 11 is 0. The lowest BCUT2D eigenvalue weighted by molar-refractivity contribution is 0.0532. The second kappa shape index (κ2) is 37.1. The van der Waals surface area contributed by atoms with Crippen LogP contribution in [0.4, 0.5) is 69.8 Å². The Morgan fingerprint density at radius 2 is 0.667 bits per heavy atom. The second-order valence-electron chi connectivity index (χ2n) is 33.2. The highest BCUT2D eigenvalue weighted by atomic mass is 35.5. The van der Waals surface area contributed by atoms with E-state index in [1.807, 2.05) is 142 Å². The summed E-state index contributed by atoms with van der Waals surface area (Å²) in [5.74, 6) is 4.97. The van der Waals surface area contributed by atoms with E-state index in [4.69, 9.17) is 29.4 Å². The fraction of sp³-hybridized carbons (Fsp3) is 0.371. The number of pyridine rings is 4. The van der Waals surface area contributed by atoms with Gasteiger partial charge in [-0.2, -0.15) is 20.4 Å². The van der Waals surface area contributed by atoms with Crippen LogP contribution in [-0.2, 0) is 9.47 Å². The molecule has 16 heterocycles. The van der Waals surface area contributed by atoms with Gasteiger partial charge in [-0.1, -0.05) is 48.5 Å². The number of piperazine rings is 2. The zero-order valence-electron chi connectivity index (χ0n) is 71.6. The first-order valence-electron chi connectivity index (χ1n) is 41.8. The molecule has 638 valence electrons. The minimum absolute atomic E-state index is 0. The number of ether oxygens (including phenoxy) is 2. The normalized spacial score (nSPS) is 16.7. The third-order valence-corrected chi connectivity index (χ3v) is 22.0. The van der Waals surface area contributed by atoms with Crippen molar-refractivity contribution in [1.29, 1.82) is 0 Å². The summed E-state index contributed by atoms with van der Waals surface area (Å²) < 4.78 is 19.1. The maximum absolute atomic E-state index is 5.62. The topological polar surface area (TPSA) is 330 Å². The average molecular weight is 1700 g/mol. The third-order valence-electron chi connectivity index (χ3n) is 22.0. The molecule has 1 unspecified atom stereocenters. The van der Waals surface area contributed by atoms with Crippen molar-refractivity contribution in [2.45, 2.75) is 138 Å². The van der Waals surface area contributed by atoms with Crippen LogP contribution in [0.5, 0.6) is 0 Å². The largest absolute Gasteiger partial charge is 0.378 e. The summed E-state index contributed by atoms with van der Waals surface area (Å²) in [5, 5.41) is 46.5. The standard InChI is InChI=1S/2C23H28N8.C22H25N7O.C21H23N7O.2ClH/c1-14(2)31-22-18(10-26-31)6-5-17-9-25-23(29-21(17)22)28-20-8-7-19(11-24-20)30-12-15(3)27-16(4)13-30;1-15(2)31-21-17(12-27-31)6-5-16-11-25-22(29-20(16)21)28-19-8-7-18(13-24-19)30-10-9-26-23(3,4)14-30;1-14(2)29-21-17(11-25-29)5-4-16-10-24-22(27-20(16)21)26-19-7-6-18(12-23-19)28-8-9-30-15(3)13-28;1-14(2)28-20-16(12-24-28)4-3-15-11-23-21(26-19(15)20)25-18-6-5-17(13-22-18)27-7-9-29-10-8-27;;/h5-11,14-16,27H,12-13H2,1-4H3,(H,24,25,28,29);5-8,11-13,15,26H,9-10,14H2,1-4H3,(H,24,25,28,29);4-7,10-12,14-15H,8-9,13H2,1-3H3,(H,23,24,26,27);3-6,11-14H,7-10H2,1-2H3,(H,22,23,25,26);2*1H/t15-,16+;;;;;. The molecule has 0 radical (unpaired) electrons. The number of fused-ring (bicyclic) bond motifs is 12. The van der Waals surface area contributed by atoms with Crippen molar-refractivity contribution >= 4 is 182 Å². The highest BCUT2D eigenvalue weighted by Crippen LogP contribution is 2.34. The van der Waals surface area contributed by atoms with Crippen LogP contribution < -0.4 is 51.5 Å². The number of benzene rings is 4. The van der Waals surface area contributed by atoms with Gasteiger partial charge in [0.05, 0.1) is 120 Å². The molecule has 123 heavy (non-hydrogen) atoms. The summed E-state index contributed by atoms with van der Waals surface area (Å²) in [6, 6.07) is 34.5. The zero-order valence-corrected chi connectivity index (χ0v) is 73.2. The van der Waals surface area contributed by atoms with Crippen molar-refractivity contribution in [3.63, 3.8) is 0 Å². The predicted molar refractivity (Wildman–Crippen MR) is 497 cm³/mol. The van der Waals surface area contributed by atoms with E-state index in [0.29, 0.717) is 47.5 Å². The van der Waals surface area contributed by atoms with E-state index >= 15 is 0 Å². The first kappa shape index (κ1) is 85.5. The summed E-state index contributed by atoms with van der Waals surface area (Å²) in [7, 11) is 0. The Morgan fingerprint density at radius 3 is 0.984 bits per heavy atom. The first-order chi connectivity index (χ1) is 58.6. The SMILES string of the molecule is CC(C)n1ncc2ccc3cnc(Nc4ccc(N5CCNC(C)(C)C5)cn4)nc3c21.CC(C)n1ncc2ccc3cnc(Nc4ccc(N5CCOCC5)cn4)nc3c21.CC(C)n1ncc2ccc3cnc(Nc4ccc(N5C[C@@H](C)N[C@@H](C)C5)cn4)nc3c21.CC1CN(c2ccc(Nc3ncc4ccc5cnn(C(C)C)c5c4n3)nc2)CCO1.Cl.Cl. The maximum Gasteiger partial charge on any atom is 0.228 e. The van der Waals surface area contributed by atoms with Crippen LogP contribution in [0.2, 0.25) is 0 Å². The molecular formula is C89H106Cl2N30O2. The molecule has 12 aromatic heterocycles. The Bertz CT molecular complexity index is 6140. The van der Waals surface area contributed by atoms with E-state index in [-0.39, 0.29) is 60.6 Å². The molecule has 3 atom stereocenters. The molecule has 0 aliphatic carbocycles. The molecule has 4 aromatic carbocycles. The van der Waals surface area contributed by atoms with Gasteiger partial charge >= 0.3 is 0 Å². The lowest BCUT2D eigenvalue weighted by atomic mass is 10.0. The number of aromatic nitrogens is 20. The van der Waals surface area contributed by atoms with Crippen LogP contribution in [0.3, 0.4) is 0 Å². The van der Waals surface area contributed by atoms with Crippen molar-refractivity contribution in [1.82, 2.24) is 110 Å². The number of rotatable bonds is 16. The van der Waals surface area contributed by atoms with E-state index in [2.05, 4.69) is 250 Å². The van der Waals surface area contributed by atoms with E-state index in [9.17, 15) is 0 Å². The number of halogens is 2. The summed E-state index contributed by atoms with van der Waals surface area (Å²) in [6.45, 7) is 38.6. The van der Waals surface area contributed by atoms with Gasteiger partial charge in [-0.3, -0.25) is 18.7 Å². The van der Waals surface area contributed by atoms with E-state index in [1.165, 1.54) is 0 Å². The van der Waals surface area contributed by atoms with Crippen LogP contribution in [-0.4, -0.2) is 201 Å². The molecule has 4 aliphatic rings. The van der Waals surface area contributed by atoms with Crippen molar-refractivity contribution in [2.24, 2.45) is 0 Å². The predicted octanol–water partition coefficient (Wildman–Crippen LogP) is 16.1. The first-order valence-corrected chi connectivity index (χ1v) is 41.8. The number of anilines is 12. The Labute approximate surface area is 725 Å². The highest BCUT2D eigenvalue weighted by molar-refractivity contribution is 6.06. The number of hydrogen-bond acceptors (Lipinski definition) is 28. The van der Waals surface area contributed by atoms with E-state index in [0.717, 1.165) is 200 Å². The van der Waals surface area contributed by atoms with Gasteiger partial charge in [0.2, 0.25) is 23.8 Å². The van der Waals surface area contributed by atoms with Crippen molar-refractivity contribution in [2.75, 3.05) is 120 Å². The van der Waals surface area contributed by atoms with E-state index < -0.39 is 0 Å². The Balaban J connectivity index is 0.000000127. The lowest BCUT2D eigenvalue weighted by Crippen LogP contribution is -2.57. The minimum Gasteiger partial charge on any atom is -0.378 e. The highest BCUT2D eigenvalue weighted by Gasteiger charge is 2.28. The molecular weight excluding hydrogens is 1590 g/mol. The molecule has 20 rings (SSSR count). The summed E-state index contributed by atoms with van der Waals surface area (Å²) in [6.07, 6.45) is 22.7. The van der Waals surface area contributed by atoms with Gasteiger partial charge < -0.3 is 61.0 Å². The van der Waals surface area contributed by atoms with E-state index in [1.54, 1.807) is 0 Å². The lowest BCUT2D eigenvalue weighted by Gasteiger charge is -2.40. The van der Waals surface area contributed by atoms with Crippen molar-refractivity contribution < 1.29 is 9.47 Å². The molecule has 0 spiro atoms. The summed E-state index contributed by atoms with van der Waals surface area (Å²) in [5.41, 5.74) is 12.2. The Hall–Kier alpha value is -12.5. The van der Waals surface area contributed by atoms with Gasteiger partial charge in [-0.25, -0.2) is 59.8 Å². The quantitative estimate of drug-likeness (QED) is 0.0523. The van der Waals surface area contributed by atoms with Gasteiger partial charge in [0.25, 0.3) is 0 Å². The molecule has 0 saturated carbocycles. The molecule has 4 fully saturated rings. The molecule has 32 nitrogen and oxygen atoms in total. The summed E-state index contributed by atoms with van der Waals surface area (Å²) in [4.78, 5) is 64.7. The molecule has 34 heteroatoms. The smallest absolute Gasteiger partial charge is 0.228 e. The fourth-order valence-corrected chi connectivity index (χ4v) is 16.1. The van der Waals surface area contributed by atoms with Gasteiger partial charge in [0.15, 0.2) is 0 Å². The third kappa shape index (κ3) is 19.1. The molecule has 4 saturated heterocycles. The van der Waals surface area contributed by atoms with Crippen LogP contribution in [0, 0.1) is 0 Å². The van der Waals surface area contributed by atoms with Crippen LogP contribution in [0.1, 0.15) is 114 Å². The number of nitrogens with zero attached hydrogens (tertiary/aromatic N) is 24. The molecule has 4 aliphatic heterocycles. The van der Waals surface area contributed by atoms with Crippen LogP contribution in [0.15, 0.2) is 171 Å². The van der Waals surface area contributed by atoms with Crippen LogP contribution >= 0.6 is 24.8 Å². The zero-order chi connectivity index (χ0) is 83.6. The van der Waals surface area contributed by atoms with Gasteiger partial charge in [-0.15, -0.1) is 24.8 Å². The van der Waals surface area contributed by atoms with Crippen molar-refractivity contribution in [3.05, 3.63) is 171 Å². The fourth-order valence-electron chi connectivity index (χ4n) is 16.1. The number of morpholine rings is 2. The van der Waals surface area contributed by atoms with Gasteiger partial charge in [0.1, 0.15) is 45.3 Å². The minimum atomic E-state index is 0. The second-order valence-corrected chi connectivity index (χ2v) is 33.2. The monoisotopic (exact) mass is 1700 g/mol. The Morgan fingerprint density at radius 1 is 0.350 bits per heavy atom. The van der Waals surface area contributed by atoms with Gasteiger partial charge in [-0.05, 0) is 139 Å². The average Bonchev–Trinajstić information content (AvgIpc) is 1.68.